The average Bonchev–Trinajstić information content (AvgIpc) is 3.04. The van der Waals surface area contributed by atoms with Crippen LogP contribution >= 0.6 is 0 Å². The molecule has 0 bridgehead atoms. The summed E-state index contributed by atoms with van der Waals surface area (Å²) in [6.45, 7) is 4.17. The van der Waals surface area contributed by atoms with Gasteiger partial charge in [-0.25, -0.2) is 4.98 Å². The number of hydrogen-bond acceptors (Lipinski definition) is 4. The van der Waals surface area contributed by atoms with Crippen molar-refractivity contribution >= 4 is 11.0 Å². The highest BCUT2D eigenvalue weighted by atomic mass is 15.3. The summed E-state index contributed by atoms with van der Waals surface area (Å²) in [5.74, 6) is 0.758. The van der Waals surface area contributed by atoms with E-state index in [-0.39, 0.29) is 6.04 Å². The van der Waals surface area contributed by atoms with Crippen molar-refractivity contribution in [3.8, 4) is 17.6 Å². The fourth-order valence-electron chi connectivity index (χ4n) is 2.18. The topological polar surface area (TPSA) is 83.2 Å². The van der Waals surface area contributed by atoms with Crippen molar-refractivity contribution in [3.05, 3.63) is 30.0 Å². The van der Waals surface area contributed by atoms with Gasteiger partial charge in [-0.05, 0) is 32.0 Å². The van der Waals surface area contributed by atoms with Gasteiger partial charge >= 0.3 is 0 Å². The molecule has 0 amide bonds. The summed E-state index contributed by atoms with van der Waals surface area (Å²) < 4.78 is 2.09. The molecule has 0 aliphatic carbocycles. The summed E-state index contributed by atoms with van der Waals surface area (Å²) in [5.41, 5.74) is 3.09. The molecule has 0 aliphatic heterocycles. The van der Waals surface area contributed by atoms with Crippen LogP contribution in [0.4, 0.5) is 0 Å². The average molecular weight is 252 g/mol. The second kappa shape index (κ2) is 4.21. The fraction of sp³-hybridized carbons (Fsp3) is 0.231. The summed E-state index contributed by atoms with van der Waals surface area (Å²) in [5, 5.41) is 19.5. The van der Waals surface area contributed by atoms with Crippen LogP contribution in [0.5, 0.6) is 0 Å². The molecule has 0 spiro atoms. The standard InChI is InChI=1S/C13H12N6/c1-8(2)19-12-4-3-9(6-14)5-10(12)16-13(19)11-7-15-18-17-11/h3-5,7-8H,1-2H3,(H,15,17,18). The SMILES string of the molecule is CC(C)n1c(-c2cn[nH]n2)nc2cc(C#N)ccc21. The minimum absolute atomic E-state index is 0.240. The second-order valence-electron chi connectivity index (χ2n) is 4.57. The van der Waals surface area contributed by atoms with Gasteiger partial charge in [0.15, 0.2) is 5.82 Å². The van der Waals surface area contributed by atoms with E-state index in [9.17, 15) is 0 Å². The molecule has 94 valence electrons. The number of fused-ring (bicyclic) bond motifs is 1. The van der Waals surface area contributed by atoms with Crippen molar-refractivity contribution in [2.24, 2.45) is 0 Å². The summed E-state index contributed by atoms with van der Waals surface area (Å²) in [6.07, 6.45) is 1.64. The Balaban J connectivity index is 2.33. The Morgan fingerprint density at radius 3 is 2.84 bits per heavy atom. The Labute approximate surface area is 109 Å². The Kier molecular flexibility index (Phi) is 2.53. The summed E-state index contributed by atoms with van der Waals surface area (Å²) >= 11 is 0. The fourth-order valence-corrected chi connectivity index (χ4v) is 2.18. The smallest absolute Gasteiger partial charge is 0.163 e. The maximum absolute atomic E-state index is 8.95. The number of hydrogen-bond donors (Lipinski definition) is 1. The zero-order valence-corrected chi connectivity index (χ0v) is 10.6. The highest BCUT2D eigenvalue weighted by Crippen LogP contribution is 2.27. The summed E-state index contributed by atoms with van der Waals surface area (Å²) in [7, 11) is 0. The van der Waals surface area contributed by atoms with Crippen LogP contribution in [-0.2, 0) is 0 Å². The first-order valence-corrected chi connectivity index (χ1v) is 5.99. The van der Waals surface area contributed by atoms with E-state index in [1.807, 2.05) is 6.07 Å². The molecular weight excluding hydrogens is 240 g/mol. The predicted molar refractivity (Wildman–Crippen MR) is 70.2 cm³/mol. The Morgan fingerprint density at radius 1 is 1.37 bits per heavy atom. The van der Waals surface area contributed by atoms with Crippen LogP contribution in [0.3, 0.4) is 0 Å². The molecule has 0 radical (unpaired) electrons. The molecule has 6 heteroatoms. The second-order valence-corrected chi connectivity index (χ2v) is 4.57. The molecule has 1 N–H and O–H groups in total. The van der Waals surface area contributed by atoms with E-state index >= 15 is 0 Å². The molecule has 2 aromatic heterocycles. The normalized spacial score (nSPS) is 11.1. The van der Waals surface area contributed by atoms with Gasteiger partial charge in [-0.1, -0.05) is 0 Å². The van der Waals surface area contributed by atoms with Gasteiger partial charge < -0.3 is 4.57 Å². The first-order chi connectivity index (χ1) is 9.20. The molecular formula is C13H12N6. The van der Waals surface area contributed by atoms with E-state index in [2.05, 4.69) is 44.9 Å². The molecule has 0 atom stereocenters. The molecule has 0 saturated carbocycles. The number of aromatic nitrogens is 5. The maximum Gasteiger partial charge on any atom is 0.163 e. The minimum Gasteiger partial charge on any atom is -0.320 e. The summed E-state index contributed by atoms with van der Waals surface area (Å²) in [4.78, 5) is 4.57. The lowest BCUT2D eigenvalue weighted by Gasteiger charge is -2.11. The highest BCUT2D eigenvalue weighted by molar-refractivity contribution is 5.81. The van der Waals surface area contributed by atoms with Crippen LogP contribution in [0.25, 0.3) is 22.6 Å². The van der Waals surface area contributed by atoms with Gasteiger partial charge in [-0.2, -0.15) is 20.7 Å². The Hall–Kier alpha value is -2.68. The third-order valence-corrected chi connectivity index (χ3v) is 2.98. The lowest BCUT2D eigenvalue weighted by atomic mass is 10.2. The van der Waals surface area contributed by atoms with Gasteiger partial charge in [-0.3, -0.25) is 0 Å². The van der Waals surface area contributed by atoms with Crippen molar-refractivity contribution in [2.75, 3.05) is 0 Å². The molecule has 3 rings (SSSR count). The third kappa shape index (κ3) is 1.76. The van der Waals surface area contributed by atoms with Crippen molar-refractivity contribution in [2.45, 2.75) is 19.9 Å². The van der Waals surface area contributed by atoms with Crippen LogP contribution in [0.2, 0.25) is 0 Å². The molecule has 19 heavy (non-hydrogen) atoms. The molecule has 3 aromatic rings. The number of benzene rings is 1. The van der Waals surface area contributed by atoms with E-state index in [0.29, 0.717) is 11.3 Å². The molecule has 0 saturated heterocycles. The van der Waals surface area contributed by atoms with E-state index in [1.54, 1.807) is 18.3 Å². The number of nitriles is 1. The summed E-state index contributed by atoms with van der Waals surface area (Å²) in [6, 6.07) is 7.88. The van der Waals surface area contributed by atoms with Gasteiger partial charge in [0, 0.05) is 6.04 Å². The van der Waals surface area contributed by atoms with Crippen molar-refractivity contribution in [1.29, 1.82) is 5.26 Å². The molecule has 0 aliphatic rings. The first kappa shape index (κ1) is 11.4. The van der Waals surface area contributed by atoms with Gasteiger partial charge in [0.25, 0.3) is 0 Å². The van der Waals surface area contributed by atoms with Gasteiger partial charge in [-0.15, -0.1) is 0 Å². The number of nitrogens with zero attached hydrogens (tertiary/aromatic N) is 5. The molecule has 0 fully saturated rings. The van der Waals surface area contributed by atoms with E-state index in [1.165, 1.54) is 0 Å². The predicted octanol–water partition coefficient (Wildman–Crippen LogP) is 2.27. The number of nitrogens with one attached hydrogen (secondary N) is 1. The molecule has 2 heterocycles. The zero-order chi connectivity index (χ0) is 13.4. The van der Waals surface area contributed by atoms with E-state index in [4.69, 9.17) is 5.26 Å². The molecule has 6 nitrogen and oxygen atoms in total. The van der Waals surface area contributed by atoms with Crippen molar-refractivity contribution < 1.29 is 0 Å². The number of aromatic amines is 1. The van der Waals surface area contributed by atoms with Crippen LogP contribution in [0.1, 0.15) is 25.5 Å². The van der Waals surface area contributed by atoms with Crippen LogP contribution in [0.15, 0.2) is 24.4 Å². The maximum atomic E-state index is 8.95. The quantitative estimate of drug-likeness (QED) is 0.758. The van der Waals surface area contributed by atoms with Crippen molar-refractivity contribution in [3.63, 3.8) is 0 Å². The molecule has 0 unspecified atom stereocenters. The van der Waals surface area contributed by atoms with Crippen LogP contribution in [-0.4, -0.2) is 25.0 Å². The Bertz CT molecular complexity index is 760. The van der Waals surface area contributed by atoms with E-state index < -0.39 is 0 Å². The largest absolute Gasteiger partial charge is 0.320 e. The number of imidazole rings is 1. The lowest BCUT2D eigenvalue weighted by Crippen LogP contribution is -2.03. The van der Waals surface area contributed by atoms with Crippen LogP contribution in [0, 0.1) is 11.3 Å². The van der Waals surface area contributed by atoms with Gasteiger partial charge in [0.1, 0.15) is 5.69 Å². The van der Waals surface area contributed by atoms with Gasteiger partial charge in [0.05, 0.1) is 28.9 Å². The highest BCUT2D eigenvalue weighted by Gasteiger charge is 2.16. The first-order valence-electron chi connectivity index (χ1n) is 5.99. The third-order valence-electron chi connectivity index (χ3n) is 2.98. The molecule has 1 aromatic carbocycles. The van der Waals surface area contributed by atoms with E-state index in [0.717, 1.165) is 16.9 Å². The zero-order valence-electron chi connectivity index (χ0n) is 10.6. The number of rotatable bonds is 2. The lowest BCUT2D eigenvalue weighted by molar-refractivity contribution is 0.623. The van der Waals surface area contributed by atoms with Crippen molar-refractivity contribution in [1.82, 2.24) is 25.0 Å². The monoisotopic (exact) mass is 252 g/mol. The van der Waals surface area contributed by atoms with Gasteiger partial charge in [0.2, 0.25) is 0 Å². The van der Waals surface area contributed by atoms with Crippen LogP contribution < -0.4 is 0 Å². The number of H-pyrrole nitrogens is 1. The Morgan fingerprint density at radius 2 is 2.21 bits per heavy atom. The minimum atomic E-state index is 0.240.